The maximum absolute atomic E-state index is 11.8. The minimum Gasteiger partial charge on any atom is -0.444 e. The van der Waals surface area contributed by atoms with E-state index in [1.807, 2.05) is 16.8 Å². The summed E-state index contributed by atoms with van der Waals surface area (Å²) in [7, 11) is 0. The zero-order valence-electron chi connectivity index (χ0n) is 11.1. The summed E-state index contributed by atoms with van der Waals surface area (Å²) in [4.78, 5) is 23.3. The average Bonchev–Trinajstić information content (AvgIpc) is 2.66. The van der Waals surface area contributed by atoms with Crippen LogP contribution in [0.2, 0.25) is 0 Å². The first kappa shape index (κ1) is 14.7. The van der Waals surface area contributed by atoms with Crippen LogP contribution in [0.25, 0.3) is 0 Å². The summed E-state index contributed by atoms with van der Waals surface area (Å²) >= 11 is 1.55. The first-order valence-electron chi connectivity index (χ1n) is 5.81. The number of hydrogen-bond donors (Lipinski definition) is 1. The van der Waals surface area contributed by atoms with Crippen LogP contribution in [-0.2, 0) is 16.0 Å². The molecule has 0 aliphatic carbocycles. The summed E-state index contributed by atoms with van der Waals surface area (Å²) in [5.74, 6) is -0.0285. The van der Waals surface area contributed by atoms with Gasteiger partial charge in [0.15, 0.2) is 5.78 Å². The van der Waals surface area contributed by atoms with Crippen LogP contribution in [0.3, 0.4) is 0 Å². The van der Waals surface area contributed by atoms with Gasteiger partial charge in [0.25, 0.3) is 0 Å². The second kappa shape index (κ2) is 6.00. The lowest BCUT2D eigenvalue weighted by Crippen LogP contribution is -2.42. The second-order valence-corrected chi connectivity index (χ2v) is 5.92. The molecule has 5 heteroatoms. The molecule has 1 heterocycles. The molecule has 0 radical (unpaired) electrons. The Kier molecular flexibility index (Phi) is 4.90. The van der Waals surface area contributed by atoms with Gasteiger partial charge in [0, 0.05) is 6.42 Å². The number of amides is 1. The number of carbonyl (C=O) groups is 2. The fourth-order valence-electron chi connectivity index (χ4n) is 1.31. The lowest BCUT2D eigenvalue weighted by atomic mass is 10.1. The molecule has 0 bridgehead atoms. The molecule has 0 saturated heterocycles. The molecular weight excluding hydrogens is 250 g/mol. The second-order valence-electron chi connectivity index (χ2n) is 5.14. The summed E-state index contributed by atoms with van der Waals surface area (Å²) in [5.41, 5.74) is 0.420. The number of ketones is 1. The van der Waals surface area contributed by atoms with Crippen LogP contribution >= 0.6 is 11.3 Å². The molecule has 0 aromatic carbocycles. The Bertz CT molecular complexity index is 406. The van der Waals surface area contributed by atoms with Crippen molar-refractivity contribution in [2.24, 2.45) is 0 Å². The van der Waals surface area contributed by atoms with E-state index in [2.05, 4.69) is 5.32 Å². The highest BCUT2D eigenvalue weighted by Gasteiger charge is 2.20. The Morgan fingerprint density at radius 1 is 1.44 bits per heavy atom. The Morgan fingerprint density at radius 3 is 2.61 bits per heavy atom. The van der Waals surface area contributed by atoms with Crippen molar-refractivity contribution in [1.82, 2.24) is 5.32 Å². The van der Waals surface area contributed by atoms with E-state index in [0.29, 0.717) is 6.42 Å². The highest BCUT2D eigenvalue weighted by atomic mass is 32.1. The van der Waals surface area contributed by atoms with Crippen LogP contribution in [0.1, 0.15) is 33.3 Å². The van der Waals surface area contributed by atoms with Gasteiger partial charge in [-0.1, -0.05) is 0 Å². The van der Waals surface area contributed by atoms with Gasteiger partial charge in [-0.3, -0.25) is 4.79 Å². The SMILES string of the molecule is C[C@H](NC(=O)OC(C)(C)C)C(=O)Cc1ccsc1. The van der Waals surface area contributed by atoms with Crippen molar-refractivity contribution in [3.8, 4) is 0 Å². The minimum absolute atomic E-state index is 0.0285. The standard InChI is InChI=1S/C13H19NO3S/c1-9(14-12(16)17-13(2,3)4)11(15)7-10-5-6-18-8-10/h5-6,8-9H,7H2,1-4H3,(H,14,16)/t9-/m0/s1. The van der Waals surface area contributed by atoms with E-state index < -0.39 is 17.7 Å². The zero-order chi connectivity index (χ0) is 13.8. The van der Waals surface area contributed by atoms with Crippen molar-refractivity contribution in [2.75, 3.05) is 0 Å². The molecule has 4 nitrogen and oxygen atoms in total. The number of carbonyl (C=O) groups excluding carboxylic acids is 2. The molecule has 1 aromatic heterocycles. The molecule has 1 aromatic rings. The highest BCUT2D eigenvalue weighted by Crippen LogP contribution is 2.09. The molecule has 1 N–H and O–H groups in total. The number of thiophene rings is 1. The van der Waals surface area contributed by atoms with Crippen LogP contribution in [0, 0.1) is 0 Å². The Hall–Kier alpha value is -1.36. The molecule has 0 fully saturated rings. The maximum atomic E-state index is 11.8. The van der Waals surface area contributed by atoms with Gasteiger partial charge in [-0.05, 0) is 50.1 Å². The molecule has 0 saturated carbocycles. The predicted octanol–water partition coefficient (Wildman–Crippen LogP) is 2.77. The van der Waals surface area contributed by atoms with E-state index >= 15 is 0 Å². The van der Waals surface area contributed by atoms with Crippen molar-refractivity contribution in [2.45, 2.75) is 45.8 Å². The number of alkyl carbamates (subject to hydrolysis) is 1. The zero-order valence-corrected chi connectivity index (χ0v) is 12.0. The van der Waals surface area contributed by atoms with Gasteiger partial charge < -0.3 is 10.1 Å². The number of Topliss-reactive ketones (excluding diaryl/α,β-unsaturated/α-hetero) is 1. The monoisotopic (exact) mass is 269 g/mol. The Balaban J connectivity index is 2.42. The molecule has 1 atom stereocenters. The molecule has 18 heavy (non-hydrogen) atoms. The van der Waals surface area contributed by atoms with Gasteiger partial charge in [0.05, 0.1) is 6.04 Å². The molecule has 0 aliphatic rings. The van der Waals surface area contributed by atoms with Crippen LogP contribution in [0.5, 0.6) is 0 Å². The van der Waals surface area contributed by atoms with E-state index in [-0.39, 0.29) is 5.78 Å². The average molecular weight is 269 g/mol. The van der Waals surface area contributed by atoms with Gasteiger partial charge in [-0.15, -0.1) is 0 Å². The molecule has 1 rings (SSSR count). The van der Waals surface area contributed by atoms with Gasteiger partial charge in [-0.25, -0.2) is 4.79 Å². The molecule has 1 amide bonds. The van der Waals surface area contributed by atoms with Crippen molar-refractivity contribution in [3.05, 3.63) is 22.4 Å². The maximum Gasteiger partial charge on any atom is 0.408 e. The number of ether oxygens (including phenoxy) is 1. The first-order chi connectivity index (χ1) is 8.28. The van der Waals surface area contributed by atoms with Gasteiger partial charge >= 0.3 is 6.09 Å². The highest BCUT2D eigenvalue weighted by molar-refractivity contribution is 7.08. The van der Waals surface area contributed by atoms with Crippen LogP contribution in [0.15, 0.2) is 16.8 Å². The first-order valence-corrected chi connectivity index (χ1v) is 6.75. The van der Waals surface area contributed by atoms with Crippen molar-refractivity contribution in [1.29, 1.82) is 0 Å². The molecule has 0 spiro atoms. The van der Waals surface area contributed by atoms with Gasteiger partial charge in [0.2, 0.25) is 0 Å². The number of rotatable bonds is 4. The summed E-state index contributed by atoms with van der Waals surface area (Å²) < 4.78 is 5.09. The molecule has 100 valence electrons. The molecule has 0 aliphatic heterocycles. The summed E-state index contributed by atoms with van der Waals surface area (Å²) in [6.45, 7) is 7.01. The van der Waals surface area contributed by atoms with Gasteiger partial charge in [0.1, 0.15) is 5.60 Å². The summed E-state index contributed by atoms with van der Waals surface area (Å²) in [5, 5.41) is 6.40. The molecular formula is C13H19NO3S. The smallest absolute Gasteiger partial charge is 0.408 e. The lowest BCUT2D eigenvalue weighted by Gasteiger charge is -2.21. The number of hydrogen-bond acceptors (Lipinski definition) is 4. The minimum atomic E-state index is -0.561. The van der Waals surface area contributed by atoms with Gasteiger partial charge in [-0.2, -0.15) is 11.3 Å². The Morgan fingerprint density at radius 2 is 2.11 bits per heavy atom. The quantitative estimate of drug-likeness (QED) is 0.914. The normalized spacial score (nSPS) is 12.9. The lowest BCUT2D eigenvalue weighted by molar-refractivity contribution is -0.120. The third kappa shape index (κ3) is 5.31. The topological polar surface area (TPSA) is 55.4 Å². The predicted molar refractivity (Wildman–Crippen MR) is 71.9 cm³/mol. The van der Waals surface area contributed by atoms with E-state index in [4.69, 9.17) is 4.74 Å². The van der Waals surface area contributed by atoms with Crippen molar-refractivity contribution >= 4 is 23.2 Å². The van der Waals surface area contributed by atoms with E-state index in [9.17, 15) is 9.59 Å². The van der Waals surface area contributed by atoms with Crippen molar-refractivity contribution in [3.63, 3.8) is 0 Å². The van der Waals surface area contributed by atoms with Crippen molar-refractivity contribution < 1.29 is 14.3 Å². The fourth-order valence-corrected chi connectivity index (χ4v) is 1.98. The third-order valence-corrected chi connectivity index (χ3v) is 2.91. The van der Waals surface area contributed by atoms with E-state index in [1.165, 1.54) is 0 Å². The fraction of sp³-hybridized carbons (Fsp3) is 0.538. The Labute approximate surface area is 111 Å². The van der Waals surface area contributed by atoms with E-state index in [1.54, 1.807) is 39.0 Å². The summed E-state index contributed by atoms with van der Waals surface area (Å²) in [6, 6.07) is 1.36. The van der Waals surface area contributed by atoms with Crippen LogP contribution < -0.4 is 5.32 Å². The van der Waals surface area contributed by atoms with Crippen LogP contribution in [0.4, 0.5) is 4.79 Å². The van der Waals surface area contributed by atoms with E-state index in [0.717, 1.165) is 5.56 Å². The molecule has 0 unspecified atom stereocenters. The number of nitrogens with one attached hydrogen (secondary N) is 1. The summed E-state index contributed by atoms with van der Waals surface area (Å²) in [6.07, 6.45) is -0.228. The third-order valence-electron chi connectivity index (χ3n) is 2.17. The van der Waals surface area contributed by atoms with Crippen LogP contribution in [-0.4, -0.2) is 23.5 Å². The largest absolute Gasteiger partial charge is 0.444 e.